The molecule has 5 heterocycles. The number of likely N-dealkylation sites (N-methyl/N-ethyl adjacent to an activating group) is 1. The second kappa shape index (κ2) is 39.9. The van der Waals surface area contributed by atoms with Crippen LogP contribution in [0.2, 0.25) is 0 Å². The molecular formula is C87H107N11O8. The molecule has 558 valence electrons. The number of methoxy groups -OCH3 is 2. The number of benzene rings is 8. The van der Waals surface area contributed by atoms with E-state index in [4.69, 9.17) is 57.8 Å². The highest BCUT2D eigenvalue weighted by atomic mass is 16.5. The Morgan fingerprint density at radius 1 is 0.377 bits per heavy atom. The third-order valence-corrected chi connectivity index (χ3v) is 17.7. The molecule has 13 aromatic rings. The number of hydrogen-bond donors (Lipinski definition) is 0. The maximum Gasteiger partial charge on any atom is 0.148 e. The number of aromatic nitrogens is 10. The van der Waals surface area contributed by atoms with Gasteiger partial charge >= 0.3 is 0 Å². The molecule has 0 radical (unpaired) electrons. The van der Waals surface area contributed by atoms with Crippen molar-refractivity contribution in [3.8, 4) is 46.0 Å². The molecule has 0 amide bonds. The van der Waals surface area contributed by atoms with Crippen LogP contribution in [0.15, 0.2) is 207 Å². The van der Waals surface area contributed by atoms with Crippen molar-refractivity contribution in [1.29, 1.82) is 0 Å². The van der Waals surface area contributed by atoms with Gasteiger partial charge in [0.2, 0.25) is 0 Å². The minimum absolute atomic E-state index is 0.396. The zero-order valence-corrected chi connectivity index (χ0v) is 64.1. The van der Waals surface area contributed by atoms with E-state index in [1.807, 2.05) is 147 Å². The minimum Gasteiger partial charge on any atom is -0.497 e. The maximum absolute atomic E-state index is 6.04. The molecule has 106 heavy (non-hydrogen) atoms. The lowest BCUT2D eigenvalue weighted by Gasteiger charge is -2.18. The van der Waals surface area contributed by atoms with E-state index in [0.717, 1.165) is 186 Å². The Labute approximate surface area is 625 Å². The fourth-order valence-corrected chi connectivity index (χ4v) is 12.4. The van der Waals surface area contributed by atoms with E-state index in [0.29, 0.717) is 50.8 Å². The summed E-state index contributed by atoms with van der Waals surface area (Å²) >= 11 is 0. The lowest BCUT2D eigenvalue weighted by molar-refractivity contribution is 0.223. The quantitative estimate of drug-likeness (QED) is 0.0374. The van der Waals surface area contributed by atoms with Crippen LogP contribution >= 0.6 is 0 Å². The van der Waals surface area contributed by atoms with Crippen LogP contribution in [-0.2, 0) is 65.4 Å². The molecular weight excluding hydrogens is 1330 g/mol. The first kappa shape index (κ1) is 77.8. The number of ether oxygens (including phenoxy) is 8. The van der Waals surface area contributed by atoms with Gasteiger partial charge < -0.3 is 65.6 Å². The van der Waals surface area contributed by atoms with Crippen molar-refractivity contribution in [2.45, 2.75) is 141 Å². The normalized spacial score (nSPS) is 11.2. The van der Waals surface area contributed by atoms with Crippen LogP contribution in [0.25, 0.3) is 44.1 Å². The molecule has 0 unspecified atom stereocenters. The summed E-state index contributed by atoms with van der Waals surface area (Å²) in [5.74, 6) is 12.1. The summed E-state index contributed by atoms with van der Waals surface area (Å²) in [6.45, 7) is 32.5. The van der Waals surface area contributed by atoms with Crippen molar-refractivity contribution in [3.05, 3.63) is 236 Å². The Morgan fingerprint density at radius 3 is 1.30 bits per heavy atom. The SMILES string of the molecule is CCCOc1ccc2nc(COc3cccc(OC)c3)n(CC(C)C)c2c1.CCN(CC)CCOc1ccc2nc(COc3cccc(OC)c3)n(CC(C)C)c2c1.CCOc1ccc2nc(CCc3ccccc3)n(CC(C)C)c2c1.c1ccc(OCc2nc3ccccc3n2CCn2ccnc2)cc1. The first-order valence-corrected chi connectivity index (χ1v) is 37.4. The third kappa shape index (κ3) is 22.4. The highest BCUT2D eigenvalue weighted by Crippen LogP contribution is 2.30. The Morgan fingerprint density at radius 2 is 0.811 bits per heavy atom. The average Bonchev–Trinajstić information content (AvgIpc) is 1.68. The molecule has 0 saturated heterocycles. The fourth-order valence-electron chi connectivity index (χ4n) is 12.4. The van der Waals surface area contributed by atoms with Crippen LogP contribution in [0, 0.1) is 17.8 Å². The van der Waals surface area contributed by atoms with E-state index < -0.39 is 0 Å². The molecule has 19 nitrogen and oxygen atoms in total. The van der Waals surface area contributed by atoms with Crippen LogP contribution in [0.4, 0.5) is 0 Å². The second-order valence-electron chi connectivity index (χ2n) is 27.2. The van der Waals surface area contributed by atoms with Gasteiger partial charge in [-0.3, -0.25) is 0 Å². The molecule has 5 aromatic heterocycles. The number of aryl methyl sites for hydroxylation is 4. The molecule has 0 atom stereocenters. The van der Waals surface area contributed by atoms with Crippen LogP contribution in [0.5, 0.6) is 46.0 Å². The van der Waals surface area contributed by atoms with E-state index >= 15 is 0 Å². The minimum atomic E-state index is 0.396. The van der Waals surface area contributed by atoms with Crippen molar-refractivity contribution in [1.82, 2.24) is 52.7 Å². The smallest absolute Gasteiger partial charge is 0.148 e. The zero-order valence-electron chi connectivity index (χ0n) is 64.1. The van der Waals surface area contributed by atoms with E-state index in [1.54, 1.807) is 20.4 Å². The number of imidazole rings is 5. The van der Waals surface area contributed by atoms with Gasteiger partial charge in [-0.15, -0.1) is 0 Å². The van der Waals surface area contributed by atoms with E-state index in [2.05, 4.69) is 156 Å². The molecule has 0 saturated carbocycles. The van der Waals surface area contributed by atoms with Crippen LogP contribution in [0.3, 0.4) is 0 Å². The van der Waals surface area contributed by atoms with Gasteiger partial charge in [-0.1, -0.05) is 135 Å². The van der Waals surface area contributed by atoms with Crippen molar-refractivity contribution >= 4 is 44.1 Å². The number of para-hydroxylation sites is 3. The first-order chi connectivity index (χ1) is 51.7. The molecule has 0 aliphatic carbocycles. The largest absolute Gasteiger partial charge is 0.497 e. The van der Waals surface area contributed by atoms with Gasteiger partial charge in [0.05, 0.1) is 77.9 Å². The van der Waals surface area contributed by atoms with Gasteiger partial charge in [-0.05, 0) is 141 Å². The van der Waals surface area contributed by atoms with E-state index in [1.165, 1.54) is 11.1 Å². The predicted octanol–water partition coefficient (Wildman–Crippen LogP) is 18.5. The standard InChI is InChI=1S/C25H35N3O3.C22H28N2O3.C21H26N2O.C19H18N4O/c1-6-27(7-2)13-14-30-22-11-12-23-24(16-22)28(17-19(3)4)25(26-23)18-31-21-10-8-9-20(15-21)29-5;1-5-11-26-19-9-10-20-21(13-19)24(14-16(2)3)22(23-20)15-27-18-8-6-7-17(12-18)25-4;1-4-24-18-11-12-19-20(14-18)23(15-16(2)3)21(22-19)13-10-17-8-6-5-7-9-17;1-2-6-16(7-3-1)24-14-19-21-17-8-4-5-9-18(17)23(19)13-12-22-11-10-20-15-22/h8-12,15-16,19H,6-7,13-14,17-18H2,1-5H3;6-10,12-13,16H,5,11,14-15H2,1-4H3;5-9,11-12,14,16H,4,10,13,15H2,1-3H3;1-11,15H,12-14H2. The number of fused-ring (bicyclic) bond motifs is 4. The Kier molecular flexibility index (Phi) is 29.3. The lowest BCUT2D eigenvalue weighted by Crippen LogP contribution is -2.27. The third-order valence-electron chi connectivity index (χ3n) is 17.7. The molecule has 0 aliphatic rings. The Hall–Kier alpha value is -10.8. The van der Waals surface area contributed by atoms with Crippen LogP contribution in [-0.4, -0.2) is 106 Å². The molecule has 0 fully saturated rings. The molecule has 19 heteroatoms. The topological polar surface area (TPSA) is 166 Å². The highest BCUT2D eigenvalue weighted by Gasteiger charge is 2.19. The summed E-state index contributed by atoms with van der Waals surface area (Å²) < 4.78 is 57.1. The summed E-state index contributed by atoms with van der Waals surface area (Å²) in [5, 5.41) is 0. The molecule has 8 aromatic carbocycles. The summed E-state index contributed by atoms with van der Waals surface area (Å²) in [7, 11) is 3.31. The molecule has 0 N–H and O–H groups in total. The summed E-state index contributed by atoms with van der Waals surface area (Å²) in [6, 6.07) is 62.4. The van der Waals surface area contributed by atoms with Crippen molar-refractivity contribution in [2.24, 2.45) is 17.8 Å². The fraction of sp³-hybridized carbons (Fsp3) is 0.368. The van der Waals surface area contributed by atoms with Gasteiger partial charge in [0.25, 0.3) is 0 Å². The number of hydrogen-bond acceptors (Lipinski definition) is 14. The van der Waals surface area contributed by atoms with Crippen LogP contribution < -0.4 is 37.9 Å². The number of rotatable bonds is 34. The lowest BCUT2D eigenvalue weighted by atomic mass is 10.1. The average molecular weight is 1430 g/mol. The van der Waals surface area contributed by atoms with Crippen molar-refractivity contribution < 1.29 is 37.9 Å². The van der Waals surface area contributed by atoms with Gasteiger partial charge in [0.15, 0.2) is 0 Å². The second-order valence-corrected chi connectivity index (χ2v) is 27.2. The molecule has 0 bridgehead atoms. The van der Waals surface area contributed by atoms with Gasteiger partial charge in [0, 0.05) is 88.4 Å². The molecule has 0 aliphatic heterocycles. The predicted molar refractivity (Wildman–Crippen MR) is 425 cm³/mol. The van der Waals surface area contributed by atoms with Gasteiger partial charge in [-0.2, -0.15) is 0 Å². The van der Waals surface area contributed by atoms with Crippen LogP contribution in [0.1, 0.15) is 105 Å². The summed E-state index contributed by atoms with van der Waals surface area (Å²) in [6.07, 6.45) is 8.56. The van der Waals surface area contributed by atoms with E-state index in [-0.39, 0.29) is 0 Å². The molecule has 13 rings (SSSR count). The summed E-state index contributed by atoms with van der Waals surface area (Å²) in [4.78, 5) is 25.7. The van der Waals surface area contributed by atoms with Gasteiger partial charge in [0.1, 0.15) is 95.7 Å². The Balaban J connectivity index is 0.000000152. The van der Waals surface area contributed by atoms with Crippen molar-refractivity contribution in [3.63, 3.8) is 0 Å². The summed E-state index contributed by atoms with van der Waals surface area (Å²) in [5.41, 5.74) is 9.80. The maximum atomic E-state index is 6.04. The monoisotopic (exact) mass is 1430 g/mol. The first-order valence-electron chi connectivity index (χ1n) is 37.4. The van der Waals surface area contributed by atoms with Gasteiger partial charge in [-0.25, -0.2) is 24.9 Å². The Bertz CT molecular complexity index is 4750. The zero-order chi connectivity index (χ0) is 74.6. The highest BCUT2D eigenvalue weighted by molar-refractivity contribution is 5.80. The molecule has 0 spiro atoms. The van der Waals surface area contributed by atoms with E-state index in [9.17, 15) is 0 Å². The number of nitrogens with zero attached hydrogens (tertiary/aromatic N) is 11. The van der Waals surface area contributed by atoms with Crippen molar-refractivity contribution in [2.75, 3.05) is 53.7 Å².